The molecule has 1 atom stereocenters. The molecule has 1 heterocycles. The number of hydrogen-bond acceptors (Lipinski definition) is 4. The van der Waals surface area contributed by atoms with Crippen LogP contribution in [0, 0.1) is 0 Å². The fraction of sp³-hybridized carbons (Fsp3) is 0.357. The molecule has 1 aromatic heterocycles. The summed E-state index contributed by atoms with van der Waals surface area (Å²) in [4.78, 5) is 4.67. The van der Waals surface area contributed by atoms with E-state index in [9.17, 15) is 0 Å². The van der Waals surface area contributed by atoms with Crippen molar-refractivity contribution in [3.05, 3.63) is 40.7 Å². The molecule has 0 fully saturated rings. The third kappa shape index (κ3) is 4.28. The summed E-state index contributed by atoms with van der Waals surface area (Å²) in [6, 6.07) is 10.5. The Morgan fingerprint density at radius 2 is 2.11 bits per heavy atom. The molecule has 2 aromatic rings. The predicted molar refractivity (Wildman–Crippen MR) is 82.3 cm³/mol. The van der Waals surface area contributed by atoms with Crippen LogP contribution >= 0.6 is 22.9 Å². The highest BCUT2D eigenvalue weighted by atomic mass is 35.5. The number of hydrogen-bond donors (Lipinski definition) is 2. The molecule has 5 heteroatoms. The van der Waals surface area contributed by atoms with Crippen LogP contribution in [0.2, 0.25) is 0 Å². The quantitative estimate of drug-likeness (QED) is 0.468. The Morgan fingerprint density at radius 3 is 2.79 bits per heavy atom. The third-order valence-corrected chi connectivity index (χ3v) is 4.10. The topological polar surface area (TPSA) is 50.9 Å². The standard InChI is InChI=1S/C14H18ClN3S/c15-8-4-7-12(18-16)9-14-17-13(10-19-14)11-5-2-1-3-6-11/h1-3,5-6,10,12,18H,4,7-9,16H2. The lowest BCUT2D eigenvalue weighted by Crippen LogP contribution is -2.36. The first kappa shape index (κ1) is 14.5. The number of alkyl halides is 1. The fourth-order valence-electron chi connectivity index (χ4n) is 1.92. The van der Waals surface area contributed by atoms with Crippen molar-refractivity contribution in [2.24, 2.45) is 5.84 Å². The van der Waals surface area contributed by atoms with E-state index in [1.807, 2.05) is 18.2 Å². The second-order valence-electron chi connectivity index (χ2n) is 4.39. The van der Waals surface area contributed by atoms with E-state index in [0.717, 1.165) is 35.5 Å². The van der Waals surface area contributed by atoms with Crippen molar-refractivity contribution in [3.8, 4) is 11.3 Å². The van der Waals surface area contributed by atoms with E-state index in [1.165, 1.54) is 0 Å². The van der Waals surface area contributed by atoms with Crippen molar-refractivity contribution in [3.63, 3.8) is 0 Å². The molecule has 1 unspecified atom stereocenters. The van der Waals surface area contributed by atoms with Gasteiger partial charge in [-0.2, -0.15) is 0 Å². The molecular weight excluding hydrogens is 278 g/mol. The maximum Gasteiger partial charge on any atom is 0.0948 e. The molecule has 0 saturated heterocycles. The number of hydrazine groups is 1. The number of nitrogens with two attached hydrogens (primary N) is 1. The molecule has 0 amide bonds. The minimum absolute atomic E-state index is 0.244. The van der Waals surface area contributed by atoms with Gasteiger partial charge in [-0.1, -0.05) is 30.3 Å². The van der Waals surface area contributed by atoms with Crippen molar-refractivity contribution < 1.29 is 0 Å². The first-order chi connectivity index (χ1) is 9.33. The van der Waals surface area contributed by atoms with Crippen LogP contribution in [0.25, 0.3) is 11.3 Å². The highest BCUT2D eigenvalue weighted by molar-refractivity contribution is 7.09. The lowest BCUT2D eigenvalue weighted by molar-refractivity contribution is 0.486. The molecule has 0 aliphatic carbocycles. The Bertz CT molecular complexity index is 486. The van der Waals surface area contributed by atoms with Crippen molar-refractivity contribution >= 4 is 22.9 Å². The Kier molecular flexibility index (Phi) is 5.79. The first-order valence-corrected chi connectivity index (χ1v) is 7.77. The molecule has 0 saturated carbocycles. The second kappa shape index (κ2) is 7.60. The van der Waals surface area contributed by atoms with Gasteiger partial charge in [0.25, 0.3) is 0 Å². The van der Waals surface area contributed by atoms with Gasteiger partial charge >= 0.3 is 0 Å². The molecule has 2 rings (SSSR count). The van der Waals surface area contributed by atoms with E-state index < -0.39 is 0 Å². The summed E-state index contributed by atoms with van der Waals surface area (Å²) in [7, 11) is 0. The summed E-state index contributed by atoms with van der Waals surface area (Å²) in [6.45, 7) is 0. The summed E-state index contributed by atoms with van der Waals surface area (Å²) in [5.41, 5.74) is 5.03. The van der Waals surface area contributed by atoms with E-state index in [-0.39, 0.29) is 6.04 Å². The summed E-state index contributed by atoms with van der Waals surface area (Å²) in [5, 5.41) is 3.20. The summed E-state index contributed by atoms with van der Waals surface area (Å²) >= 11 is 7.39. The van der Waals surface area contributed by atoms with E-state index in [1.54, 1.807) is 11.3 Å². The second-order valence-corrected chi connectivity index (χ2v) is 5.71. The fourth-order valence-corrected chi connectivity index (χ4v) is 2.96. The van der Waals surface area contributed by atoms with Crippen LogP contribution in [-0.4, -0.2) is 16.9 Å². The van der Waals surface area contributed by atoms with Gasteiger partial charge in [0.05, 0.1) is 10.7 Å². The average Bonchev–Trinajstić information content (AvgIpc) is 2.93. The lowest BCUT2D eigenvalue weighted by Gasteiger charge is -2.13. The van der Waals surface area contributed by atoms with Gasteiger partial charge in [-0.05, 0) is 12.8 Å². The monoisotopic (exact) mass is 295 g/mol. The molecule has 0 aliphatic rings. The minimum Gasteiger partial charge on any atom is -0.271 e. The van der Waals surface area contributed by atoms with E-state index in [0.29, 0.717) is 5.88 Å². The van der Waals surface area contributed by atoms with Crippen molar-refractivity contribution in [1.82, 2.24) is 10.4 Å². The summed E-state index contributed by atoms with van der Waals surface area (Å²) in [6.07, 6.45) is 2.79. The van der Waals surface area contributed by atoms with Gasteiger partial charge in [-0.15, -0.1) is 22.9 Å². The van der Waals surface area contributed by atoms with Gasteiger partial charge in [0.15, 0.2) is 0 Å². The van der Waals surface area contributed by atoms with E-state index >= 15 is 0 Å². The van der Waals surface area contributed by atoms with Crippen LogP contribution in [0.15, 0.2) is 35.7 Å². The first-order valence-electron chi connectivity index (χ1n) is 6.35. The number of thiazole rings is 1. The van der Waals surface area contributed by atoms with Crippen LogP contribution in [0.1, 0.15) is 17.8 Å². The Labute approximate surface area is 122 Å². The summed E-state index contributed by atoms with van der Waals surface area (Å²) in [5.74, 6) is 6.24. The lowest BCUT2D eigenvalue weighted by atomic mass is 10.1. The Hall–Kier alpha value is -0.940. The molecule has 1 aromatic carbocycles. The molecule has 0 bridgehead atoms. The zero-order valence-electron chi connectivity index (χ0n) is 10.7. The minimum atomic E-state index is 0.244. The number of rotatable bonds is 7. The highest BCUT2D eigenvalue weighted by Crippen LogP contribution is 2.22. The largest absolute Gasteiger partial charge is 0.271 e. The molecule has 102 valence electrons. The molecule has 0 radical (unpaired) electrons. The molecule has 19 heavy (non-hydrogen) atoms. The van der Waals surface area contributed by atoms with Gasteiger partial charge in [0, 0.05) is 29.3 Å². The smallest absolute Gasteiger partial charge is 0.0948 e. The molecule has 0 aliphatic heterocycles. The van der Waals surface area contributed by atoms with E-state index in [2.05, 4.69) is 27.9 Å². The van der Waals surface area contributed by atoms with Crippen LogP contribution in [0.3, 0.4) is 0 Å². The number of aromatic nitrogens is 1. The van der Waals surface area contributed by atoms with E-state index in [4.69, 9.17) is 17.4 Å². The Balaban J connectivity index is 2.01. The Morgan fingerprint density at radius 1 is 1.32 bits per heavy atom. The number of benzene rings is 1. The maximum absolute atomic E-state index is 5.71. The number of nitrogens with zero attached hydrogens (tertiary/aromatic N) is 1. The van der Waals surface area contributed by atoms with Crippen LogP contribution in [0.4, 0.5) is 0 Å². The molecule has 3 nitrogen and oxygen atoms in total. The van der Waals surface area contributed by atoms with Gasteiger partial charge in [0.1, 0.15) is 0 Å². The van der Waals surface area contributed by atoms with Crippen molar-refractivity contribution in [2.45, 2.75) is 25.3 Å². The number of halogens is 1. The predicted octanol–water partition coefficient (Wildman–Crippen LogP) is 3.20. The molecule has 0 spiro atoms. The zero-order valence-corrected chi connectivity index (χ0v) is 12.3. The SMILES string of the molecule is NNC(CCCCl)Cc1nc(-c2ccccc2)cs1. The van der Waals surface area contributed by atoms with Crippen LogP contribution in [-0.2, 0) is 6.42 Å². The highest BCUT2D eigenvalue weighted by Gasteiger charge is 2.11. The zero-order chi connectivity index (χ0) is 13.5. The number of nitrogens with one attached hydrogen (secondary N) is 1. The van der Waals surface area contributed by atoms with Gasteiger partial charge < -0.3 is 0 Å². The van der Waals surface area contributed by atoms with Crippen molar-refractivity contribution in [1.29, 1.82) is 0 Å². The van der Waals surface area contributed by atoms with Gasteiger partial charge in [-0.3, -0.25) is 11.3 Å². The normalized spacial score (nSPS) is 12.5. The van der Waals surface area contributed by atoms with Gasteiger partial charge in [0.2, 0.25) is 0 Å². The van der Waals surface area contributed by atoms with Crippen LogP contribution in [0.5, 0.6) is 0 Å². The molecule has 3 N–H and O–H groups in total. The summed E-state index contributed by atoms with van der Waals surface area (Å²) < 4.78 is 0. The van der Waals surface area contributed by atoms with Gasteiger partial charge in [-0.25, -0.2) is 4.98 Å². The van der Waals surface area contributed by atoms with Crippen LogP contribution < -0.4 is 11.3 Å². The molecular formula is C14H18ClN3S. The maximum atomic E-state index is 5.71. The van der Waals surface area contributed by atoms with Crippen molar-refractivity contribution in [2.75, 3.05) is 5.88 Å². The third-order valence-electron chi connectivity index (χ3n) is 2.96. The average molecular weight is 296 g/mol.